The van der Waals surface area contributed by atoms with Crippen molar-refractivity contribution in [2.24, 2.45) is 0 Å². The lowest BCUT2D eigenvalue weighted by atomic mass is 10.1. The first-order valence-electron chi connectivity index (χ1n) is 6.59. The van der Waals surface area contributed by atoms with Gasteiger partial charge in [0.15, 0.2) is 5.16 Å². The molecule has 0 saturated heterocycles. The lowest BCUT2D eigenvalue weighted by Crippen LogP contribution is -2.11. The first-order valence-corrected chi connectivity index (χ1v) is 7.58. The van der Waals surface area contributed by atoms with Gasteiger partial charge in [-0.1, -0.05) is 24.8 Å². The molecule has 0 atom stereocenters. The van der Waals surface area contributed by atoms with Crippen molar-refractivity contribution in [2.75, 3.05) is 13.7 Å². The number of thioether (sulfide) groups is 1. The largest absolute Gasteiger partial charge is 0.496 e. The van der Waals surface area contributed by atoms with Crippen LogP contribution in [-0.4, -0.2) is 23.6 Å². The molecule has 0 aliphatic heterocycles. The van der Waals surface area contributed by atoms with Crippen LogP contribution < -0.4 is 10.1 Å². The van der Waals surface area contributed by atoms with Gasteiger partial charge >= 0.3 is 0 Å². The zero-order valence-electron chi connectivity index (χ0n) is 11.8. The van der Waals surface area contributed by atoms with E-state index in [2.05, 4.69) is 34.3 Å². The van der Waals surface area contributed by atoms with Gasteiger partial charge in [-0.15, -0.1) is 0 Å². The second-order valence-electron chi connectivity index (χ2n) is 4.25. The van der Waals surface area contributed by atoms with Gasteiger partial charge in [0, 0.05) is 30.3 Å². The molecule has 0 spiro atoms. The fourth-order valence-electron chi connectivity index (χ4n) is 1.83. The van der Waals surface area contributed by atoms with E-state index in [1.54, 1.807) is 31.3 Å². The van der Waals surface area contributed by atoms with E-state index in [-0.39, 0.29) is 0 Å². The summed E-state index contributed by atoms with van der Waals surface area (Å²) in [6.45, 7) is 3.95. The molecule has 0 bridgehead atoms. The number of rotatable bonds is 7. The van der Waals surface area contributed by atoms with Crippen molar-refractivity contribution in [3.8, 4) is 5.75 Å². The van der Waals surface area contributed by atoms with Gasteiger partial charge in [0.1, 0.15) is 5.75 Å². The summed E-state index contributed by atoms with van der Waals surface area (Å²) in [5, 5.41) is 4.11. The molecule has 0 radical (unpaired) electrons. The molecule has 106 valence electrons. The summed E-state index contributed by atoms with van der Waals surface area (Å²) in [7, 11) is 1.70. The Bertz CT molecular complexity index is 534. The Balaban J connectivity index is 2.07. The van der Waals surface area contributed by atoms with E-state index in [9.17, 15) is 0 Å². The standard InChI is InChI=1S/C15H19N3OS/c1-3-16-10-12-5-6-14(19-2)13(9-12)11-20-15-17-7-4-8-18-15/h4-9,16H,3,10-11H2,1-2H3. The minimum atomic E-state index is 0.784. The Kier molecular flexibility index (Phi) is 5.83. The van der Waals surface area contributed by atoms with Crippen LogP contribution in [0.5, 0.6) is 5.75 Å². The van der Waals surface area contributed by atoms with Crippen molar-refractivity contribution in [1.82, 2.24) is 15.3 Å². The number of methoxy groups -OCH3 is 1. The molecule has 0 amide bonds. The summed E-state index contributed by atoms with van der Waals surface area (Å²) < 4.78 is 5.42. The highest BCUT2D eigenvalue weighted by Gasteiger charge is 2.06. The number of benzene rings is 1. The predicted molar refractivity (Wildman–Crippen MR) is 82.0 cm³/mol. The lowest BCUT2D eigenvalue weighted by Gasteiger charge is -2.10. The van der Waals surface area contributed by atoms with Crippen LogP contribution in [-0.2, 0) is 12.3 Å². The molecule has 1 N–H and O–H groups in total. The fourth-order valence-corrected chi connectivity index (χ4v) is 2.61. The molecule has 1 aromatic heterocycles. The maximum absolute atomic E-state index is 5.42. The molecule has 2 aromatic rings. The van der Waals surface area contributed by atoms with E-state index in [0.29, 0.717) is 0 Å². The van der Waals surface area contributed by atoms with Gasteiger partial charge in [0.05, 0.1) is 7.11 Å². The van der Waals surface area contributed by atoms with Crippen LogP contribution >= 0.6 is 11.8 Å². The first kappa shape index (κ1) is 14.8. The number of ether oxygens (including phenoxy) is 1. The Labute approximate surface area is 124 Å². The Hall–Kier alpha value is -1.59. The minimum Gasteiger partial charge on any atom is -0.496 e. The summed E-state index contributed by atoms with van der Waals surface area (Å²) in [5.41, 5.74) is 2.43. The molecule has 0 aliphatic rings. The van der Waals surface area contributed by atoms with E-state index >= 15 is 0 Å². The third-order valence-electron chi connectivity index (χ3n) is 2.82. The average molecular weight is 289 g/mol. The van der Waals surface area contributed by atoms with Crippen LogP contribution in [0, 0.1) is 0 Å². The maximum Gasteiger partial charge on any atom is 0.187 e. The van der Waals surface area contributed by atoms with Crippen LogP contribution in [0.4, 0.5) is 0 Å². The fraction of sp³-hybridized carbons (Fsp3) is 0.333. The normalized spacial score (nSPS) is 10.5. The Morgan fingerprint density at radius 2 is 2.05 bits per heavy atom. The molecule has 0 saturated carbocycles. The van der Waals surface area contributed by atoms with Gasteiger partial charge in [-0.25, -0.2) is 9.97 Å². The van der Waals surface area contributed by atoms with Crippen LogP contribution in [0.15, 0.2) is 41.8 Å². The highest BCUT2D eigenvalue weighted by molar-refractivity contribution is 7.98. The summed E-state index contributed by atoms with van der Waals surface area (Å²) >= 11 is 1.61. The van der Waals surface area contributed by atoms with E-state index in [1.807, 2.05) is 12.1 Å². The minimum absolute atomic E-state index is 0.784. The highest BCUT2D eigenvalue weighted by atomic mass is 32.2. The Morgan fingerprint density at radius 3 is 2.75 bits per heavy atom. The van der Waals surface area contributed by atoms with Gasteiger partial charge in [-0.2, -0.15) is 0 Å². The number of hydrogen-bond acceptors (Lipinski definition) is 5. The van der Waals surface area contributed by atoms with Crippen molar-refractivity contribution < 1.29 is 4.74 Å². The zero-order valence-corrected chi connectivity index (χ0v) is 12.6. The second-order valence-corrected chi connectivity index (χ2v) is 5.19. The molecule has 2 rings (SSSR count). The zero-order chi connectivity index (χ0) is 14.2. The predicted octanol–water partition coefficient (Wildman–Crippen LogP) is 2.89. The molecule has 20 heavy (non-hydrogen) atoms. The van der Waals surface area contributed by atoms with E-state index in [0.717, 1.165) is 29.7 Å². The van der Waals surface area contributed by atoms with Crippen LogP contribution in [0.1, 0.15) is 18.1 Å². The summed E-state index contributed by atoms with van der Waals surface area (Å²) in [4.78, 5) is 8.44. The van der Waals surface area contributed by atoms with Gasteiger partial charge in [0.25, 0.3) is 0 Å². The van der Waals surface area contributed by atoms with E-state index in [4.69, 9.17) is 4.74 Å². The van der Waals surface area contributed by atoms with E-state index < -0.39 is 0 Å². The average Bonchev–Trinajstić information content (AvgIpc) is 2.52. The quantitative estimate of drug-likeness (QED) is 0.627. The third kappa shape index (κ3) is 4.21. The van der Waals surface area contributed by atoms with Crippen molar-refractivity contribution in [2.45, 2.75) is 24.4 Å². The maximum atomic E-state index is 5.42. The highest BCUT2D eigenvalue weighted by Crippen LogP contribution is 2.27. The molecular formula is C15H19N3OS. The summed E-state index contributed by atoms with van der Waals surface area (Å²) in [6, 6.07) is 8.11. The molecule has 4 nitrogen and oxygen atoms in total. The smallest absolute Gasteiger partial charge is 0.187 e. The van der Waals surface area contributed by atoms with Crippen molar-refractivity contribution in [3.05, 3.63) is 47.8 Å². The number of aromatic nitrogens is 2. The van der Waals surface area contributed by atoms with Crippen molar-refractivity contribution >= 4 is 11.8 Å². The Morgan fingerprint density at radius 1 is 1.25 bits per heavy atom. The molecule has 5 heteroatoms. The molecule has 0 fully saturated rings. The lowest BCUT2D eigenvalue weighted by molar-refractivity contribution is 0.411. The third-order valence-corrected chi connectivity index (χ3v) is 3.75. The monoisotopic (exact) mass is 289 g/mol. The van der Waals surface area contributed by atoms with Crippen LogP contribution in [0.3, 0.4) is 0 Å². The topological polar surface area (TPSA) is 47.0 Å². The van der Waals surface area contributed by atoms with Crippen LogP contribution in [0.2, 0.25) is 0 Å². The number of nitrogens with one attached hydrogen (secondary N) is 1. The van der Waals surface area contributed by atoms with Gasteiger partial charge < -0.3 is 10.1 Å². The molecule has 0 unspecified atom stereocenters. The summed E-state index contributed by atoms with van der Waals surface area (Å²) in [6.07, 6.45) is 3.52. The molecule has 1 heterocycles. The van der Waals surface area contributed by atoms with Gasteiger partial charge in [0.2, 0.25) is 0 Å². The van der Waals surface area contributed by atoms with Crippen LogP contribution in [0.25, 0.3) is 0 Å². The molecular weight excluding hydrogens is 270 g/mol. The number of nitrogens with zero attached hydrogens (tertiary/aromatic N) is 2. The molecule has 0 aliphatic carbocycles. The van der Waals surface area contributed by atoms with Crippen molar-refractivity contribution in [3.63, 3.8) is 0 Å². The van der Waals surface area contributed by atoms with E-state index in [1.165, 1.54) is 11.1 Å². The summed E-state index contributed by atoms with van der Waals surface area (Å²) in [5.74, 6) is 1.71. The number of hydrogen-bond donors (Lipinski definition) is 1. The molecule has 1 aromatic carbocycles. The van der Waals surface area contributed by atoms with Gasteiger partial charge in [-0.3, -0.25) is 0 Å². The van der Waals surface area contributed by atoms with Gasteiger partial charge in [-0.05, 0) is 30.3 Å². The first-order chi connectivity index (χ1) is 9.83. The SMILES string of the molecule is CCNCc1ccc(OC)c(CSc2ncccn2)c1. The second kappa shape index (κ2) is 7.87. The van der Waals surface area contributed by atoms with Crippen molar-refractivity contribution in [1.29, 1.82) is 0 Å².